The monoisotopic (exact) mass is 832 g/mol. The minimum Gasteiger partial charge on any atom is -0.774 e. The van der Waals surface area contributed by atoms with E-state index in [-0.39, 0.29) is 36.9 Å². The Kier molecular flexibility index (Phi) is 36.8. The molecule has 338 valence electrons. The summed E-state index contributed by atoms with van der Waals surface area (Å²) in [4.78, 5) is 38.6. The predicted molar refractivity (Wildman–Crippen MR) is 233 cm³/mol. The van der Waals surface area contributed by atoms with Gasteiger partial charge in [0.15, 0.2) is 20.0 Å². The highest BCUT2D eigenvalue weighted by Crippen LogP contribution is 2.46. The fourth-order valence-electron chi connectivity index (χ4n) is 6.91. The lowest BCUT2D eigenvalue weighted by molar-refractivity contribution is -0.902. The van der Waals surface area contributed by atoms with E-state index in [1.807, 2.05) is 0 Å². The second-order valence-corrected chi connectivity index (χ2v) is 19.2. The molecule has 3 atom stereocenters. The average molecular weight is 832 g/mol. The van der Waals surface area contributed by atoms with Crippen LogP contribution >= 0.6 is 7.60 Å². The van der Waals surface area contributed by atoms with Crippen LogP contribution in [0.1, 0.15) is 220 Å². The molecule has 0 heterocycles. The molecule has 2 N–H and O–H groups in total. The number of nitrogens with zero attached hydrogens (tertiary/aromatic N) is 1. The highest BCUT2D eigenvalue weighted by atomic mass is 31.2. The minimum absolute atomic E-state index is 0.00351. The largest absolute Gasteiger partial charge is 0.774 e. The summed E-state index contributed by atoms with van der Waals surface area (Å²) in [5.74, 6) is -1.87. The summed E-state index contributed by atoms with van der Waals surface area (Å²) in [7, 11) is -1.14. The molecule has 0 aliphatic heterocycles. The SMILES string of the molecule is CCCCCCC/C=C\CCCCCCCCC(=O)O[C@H](COC(=O)CCCCCCCCCCCCCCCCC)COP(=O)([O-])C(C)[N+](C)(C)CCC(O)O. The summed E-state index contributed by atoms with van der Waals surface area (Å²) in [6.07, 6.45) is 36.0. The standard InChI is InChI=1S/C46H90NO9P/c1-6-8-10-12-14-16-18-20-22-24-26-28-30-32-34-36-45(50)54-40-43(41-55-57(52,53)42(3)47(4,5)39-38-44(48)49)56-46(51)37-35-33-31-29-27-25-23-21-19-17-15-13-11-9-7-2/h19,21,42-44,48-49H,6-18,20,22-41H2,1-5H3/b21-19-/t42?,43-/m1/s1. The van der Waals surface area contributed by atoms with Crippen molar-refractivity contribution < 1.29 is 47.7 Å². The zero-order valence-electron chi connectivity index (χ0n) is 37.6. The first kappa shape index (κ1) is 55.7. The Morgan fingerprint density at radius 2 is 1.00 bits per heavy atom. The number of carbonyl (C=O) groups is 2. The molecule has 0 fully saturated rings. The number of aliphatic hydroxyl groups is 2. The smallest absolute Gasteiger partial charge is 0.306 e. The van der Waals surface area contributed by atoms with Gasteiger partial charge in [0.1, 0.15) is 12.4 Å². The summed E-state index contributed by atoms with van der Waals surface area (Å²) in [6, 6.07) is 0. The normalized spacial score (nSPS) is 14.3. The number of aliphatic hydroxyl groups excluding tert-OH is 1. The molecular weight excluding hydrogens is 741 g/mol. The number of ether oxygens (including phenoxy) is 2. The Balaban J connectivity index is 4.60. The number of carbonyl (C=O) groups excluding carboxylic acids is 2. The van der Waals surface area contributed by atoms with E-state index in [4.69, 9.17) is 14.0 Å². The van der Waals surface area contributed by atoms with Gasteiger partial charge in [-0.05, 0) is 45.4 Å². The van der Waals surface area contributed by atoms with Crippen molar-refractivity contribution in [3.8, 4) is 0 Å². The number of hydrogen-bond donors (Lipinski definition) is 2. The third-order valence-electron chi connectivity index (χ3n) is 11.2. The molecule has 0 saturated carbocycles. The van der Waals surface area contributed by atoms with Gasteiger partial charge in [-0.15, -0.1) is 0 Å². The van der Waals surface area contributed by atoms with E-state index < -0.39 is 44.3 Å². The topological polar surface area (TPSA) is 142 Å². The molecule has 11 heteroatoms. The average Bonchev–Trinajstić information content (AvgIpc) is 3.17. The fraction of sp³-hybridized carbons (Fsp3) is 0.913. The van der Waals surface area contributed by atoms with Crippen LogP contribution in [0.15, 0.2) is 12.2 Å². The Bertz CT molecular complexity index is 1020. The second kappa shape index (κ2) is 37.7. The lowest BCUT2D eigenvalue weighted by Crippen LogP contribution is -2.50. The number of hydrogen-bond acceptors (Lipinski definition) is 9. The molecule has 0 rings (SSSR count). The maximum atomic E-state index is 13.2. The maximum Gasteiger partial charge on any atom is 0.306 e. The lowest BCUT2D eigenvalue weighted by Gasteiger charge is -2.42. The van der Waals surface area contributed by atoms with Crippen molar-refractivity contribution in [1.82, 2.24) is 0 Å². The van der Waals surface area contributed by atoms with Gasteiger partial charge in [0.25, 0.3) is 0 Å². The van der Waals surface area contributed by atoms with E-state index in [0.717, 1.165) is 44.9 Å². The van der Waals surface area contributed by atoms with E-state index in [2.05, 4.69) is 26.0 Å². The van der Waals surface area contributed by atoms with Crippen LogP contribution < -0.4 is 4.89 Å². The fourth-order valence-corrected chi connectivity index (χ4v) is 8.38. The Labute approximate surface area is 350 Å². The first-order valence-corrected chi connectivity index (χ1v) is 25.1. The van der Waals surface area contributed by atoms with Crippen LogP contribution in [-0.2, 0) is 28.2 Å². The molecule has 0 spiro atoms. The lowest BCUT2D eigenvalue weighted by atomic mass is 10.0. The van der Waals surface area contributed by atoms with Crippen LogP contribution in [0.3, 0.4) is 0 Å². The molecule has 10 nitrogen and oxygen atoms in total. The second-order valence-electron chi connectivity index (χ2n) is 17.1. The molecule has 0 aliphatic carbocycles. The van der Waals surface area contributed by atoms with E-state index >= 15 is 0 Å². The van der Waals surface area contributed by atoms with Gasteiger partial charge in [-0.3, -0.25) is 9.59 Å². The zero-order chi connectivity index (χ0) is 42.5. The quantitative estimate of drug-likeness (QED) is 0.0153. The number of unbranched alkanes of at least 4 members (excludes halogenated alkanes) is 25. The number of quaternary nitrogens is 1. The van der Waals surface area contributed by atoms with Gasteiger partial charge in [0, 0.05) is 19.3 Å². The van der Waals surface area contributed by atoms with Crippen LogP contribution in [0.4, 0.5) is 0 Å². The Morgan fingerprint density at radius 3 is 1.42 bits per heavy atom. The summed E-state index contributed by atoms with van der Waals surface area (Å²) < 4.78 is 29.6. The zero-order valence-corrected chi connectivity index (χ0v) is 38.5. The molecule has 0 aromatic rings. The predicted octanol–water partition coefficient (Wildman–Crippen LogP) is 11.4. The Morgan fingerprint density at radius 1 is 0.614 bits per heavy atom. The summed E-state index contributed by atoms with van der Waals surface area (Å²) in [5, 5.41) is 18.6. The summed E-state index contributed by atoms with van der Waals surface area (Å²) >= 11 is 0. The third kappa shape index (κ3) is 35.2. The van der Waals surface area contributed by atoms with E-state index in [9.17, 15) is 29.3 Å². The van der Waals surface area contributed by atoms with Crippen molar-refractivity contribution in [2.45, 2.75) is 238 Å². The van der Waals surface area contributed by atoms with E-state index in [1.54, 1.807) is 14.1 Å². The number of rotatable bonds is 42. The van der Waals surface area contributed by atoms with Crippen molar-refractivity contribution in [2.75, 3.05) is 33.9 Å². The molecule has 0 bridgehead atoms. The van der Waals surface area contributed by atoms with E-state index in [1.165, 1.54) is 135 Å². The molecule has 0 aliphatic rings. The molecule has 57 heavy (non-hydrogen) atoms. The van der Waals surface area contributed by atoms with Gasteiger partial charge < -0.3 is 38.2 Å². The Hall–Kier alpha value is -1.29. The van der Waals surface area contributed by atoms with Gasteiger partial charge >= 0.3 is 11.9 Å². The molecule has 0 saturated heterocycles. The summed E-state index contributed by atoms with van der Waals surface area (Å²) in [6.45, 7) is 5.46. The van der Waals surface area contributed by atoms with E-state index in [0.29, 0.717) is 6.42 Å². The first-order valence-electron chi connectivity index (χ1n) is 23.5. The van der Waals surface area contributed by atoms with Gasteiger partial charge in [-0.1, -0.05) is 167 Å². The highest BCUT2D eigenvalue weighted by Gasteiger charge is 2.35. The maximum absolute atomic E-state index is 13.2. The number of esters is 2. The number of allylic oxidation sites excluding steroid dienone is 2. The van der Waals surface area contributed by atoms with Crippen LogP contribution in [0.5, 0.6) is 0 Å². The molecule has 0 aromatic carbocycles. The molecule has 0 aromatic heterocycles. The van der Waals surface area contributed by atoms with Crippen molar-refractivity contribution in [1.29, 1.82) is 0 Å². The minimum atomic E-state index is -4.49. The van der Waals surface area contributed by atoms with Crippen LogP contribution in [0, 0.1) is 0 Å². The molecular formula is C46H90NO9P. The molecule has 0 radical (unpaired) electrons. The molecule has 0 amide bonds. The van der Waals surface area contributed by atoms with Gasteiger partial charge in [0.05, 0.1) is 27.2 Å². The van der Waals surface area contributed by atoms with Crippen LogP contribution in [0.25, 0.3) is 0 Å². The van der Waals surface area contributed by atoms with Crippen molar-refractivity contribution in [3.63, 3.8) is 0 Å². The van der Waals surface area contributed by atoms with Crippen LogP contribution in [-0.4, -0.2) is 78.7 Å². The van der Waals surface area contributed by atoms with Gasteiger partial charge in [-0.2, -0.15) is 0 Å². The van der Waals surface area contributed by atoms with Crippen molar-refractivity contribution in [3.05, 3.63) is 12.2 Å². The van der Waals surface area contributed by atoms with Crippen molar-refractivity contribution in [2.24, 2.45) is 0 Å². The van der Waals surface area contributed by atoms with Gasteiger partial charge in [0.2, 0.25) is 0 Å². The van der Waals surface area contributed by atoms with Gasteiger partial charge in [-0.25, -0.2) is 0 Å². The summed E-state index contributed by atoms with van der Waals surface area (Å²) in [5.41, 5.74) is 0. The highest BCUT2D eigenvalue weighted by molar-refractivity contribution is 7.51. The third-order valence-corrected chi connectivity index (χ3v) is 13.3. The van der Waals surface area contributed by atoms with Crippen molar-refractivity contribution >= 4 is 19.5 Å². The molecule has 2 unspecified atom stereocenters. The van der Waals surface area contributed by atoms with Crippen LogP contribution in [0.2, 0.25) is 0 Å². The first-order chi connectivity index (χ1) is 27.4.